The van der Waals surface area contributed by atoms with Gasteiger partial charge in [-0.25, -0.2) is 4.98 Å². The Morgan fingerprint density at radius 3 is 2.84 bits per heavy atom. The van der Waals surface area contributed by atoms with Crippen LogP contribution in [-0.2, 0) is 0 Å². The summed E-state index contributed by atoms with van der Waals surface area (Å²) in [5.74, 6) is 1.09. The zero-order chi connectivity index (χ0) is 13.7. The minimum Gasteiger partial charge on any atom is -0.478 e. The molecular weight excluding hydrogens is 262 g/mol. The smallest absolute Gasteiger partial charge is 0.226 e. The molecule has 0 spiro atoms. The lowest BCUT2D eigenvalue weighted by Gasteiger charge is -2.15. The number of rotatable bonds is 5. The molecule has 0 saturated carbocycles. The molecule has 1 heterocycles. The lowest BCUT2D eigenvalue weighted by molar-refractivity contribution is 0.326. The van der Waals surface area contributed by atoms with E-state index in [1.54, 1.807) is 12.3 Å². The van der Waals surface area contributed by atoms with Gasteiger partial charge in [-0.2, -0.15) is 4.98 Å². The largest absolute Gasteiger partial charge is 0.478 e. The summed E-state index contributed by atoms with van der Waals surface area (Å²) in [6.45, 7) is 4.51. The molecule has 0 bridgehead atoms. The van der Waals surface area contributed by atoms with Crippen molar-refractivity contribution in [2.75, 3.05) is 11.9 Å². The Morgan fingerprint density at radius 1 is 1.32 bits per heavy atom. The van der Waals surface area contributed by atoms with E-state index in [-0.39, 0.29) is 6.04 Å². The molecule has 1 aromatic carbocycles. The maximum atomic E-state index is 6.16. The van der Waals surface area contributed by atoms with E-state index in [9.17, 15) is 0 Å². The van der Waals surface area contributed by atoms with Crippen molar-refractivity contribution < 1.29 is 4.74 Å². The van der Waals surface area contributed by atoms with E-state index in [1.807, 2.05) is 38.1 Å². The van der Waals surface area contributed by atoms with Gasteiger partial charge in [-0.1, -0.05) is 29.8 Å². The van der Waals surface area contributed by atoms with E-state index in [0.29, 0.717) is 18.4 Å². The number of anilines is 1. The van der Waals surface area contributed by atoms with E-state index in [1.165, 1.54) is 0 Å². The van der Waals surface area contributed by atoms with Crippen LogP contribution in [0.5, 0.6) is 5.88 Å². The Hall–Kier alpha value is -1.81. The molecule has 0 aliphatic rings. The van der Waals surface area contributed by atoms with E-state index >= 15 is 0 Å². The van der Waals surface area contributed by atoms with Gasteiger partial charge in [0.05, 0.1) is 12.6 Å². The molecule has 0 amide bonds. The molecule has 19 heavy (non-hydrogen) atoms. The molecule has 1 N–H and O–H groups in total. The minimum atomic E-state index is 0.0191. The highest BCUT2D eigenvalue weighted by atomic mass is 35.5. The summed E-state index contributed by atoms with van der Waals surface area (Å²) in [5, 5.41) is 3.94. The first-order chi connectivity index (χ1) is 9.20. The summed E-state index contributed by atoms with van der Waals surface area (Å²) in [6, 6.07) is 9.46. The van der Waals surface area contributed by atoms with Gasteiger partial charge in [0.1, 0.15) is 0 Å². The van der Waals surface area contributed by atoms with Crippen LogP contribution in [0.1, 0.15) is 25.5 Å². The molecular formula is C14H16ClN3O. The van der Waals surface area contributed by atoms with Gasteiger partial charge in [-0.3, -0.25) is 0 Å². The van der Waals surface area contributed by atoms with Gasteiger partial charge in [0, 0.05) is 17.3 Å². The molecule has 0 saturated heterocycles. The number of halogens is 1. The van der Waals surface area contributed by atoms with Crippen molar-refractivity contribution in [3.8, 4) is 5.88 Å². The summed E-state index contributed by atoms with van der Waals surface area (Å²) in [6.07, 6.45) is 1.67. The second-order valence-electron chi connectivity index (χ2n) is 4.04. The minimum absolute atomic E-state index is 0.0191. The molecule has 2 rings (SSSR count). The molecule has 0 fully saturated rings. The van der Waals surface area contributed by atoms with Crippen LogP contribution in [-0.4, -0.2) is 16.6 Å². The molecule has 4 nitrogen and oxygen atoms in total. The van der Waals surface area contributed by atoms with Crippen molar-refractivity contribution in [2.24, 2.45) is 0 Å². The van der Waals surface area contributed by atoms with Crippen LogP contribution >= 0.6 is 11.6 Å². The summed E-state index contributed by atoms with van der Waals surface area (Å²) >= 11 is 6.16. The first kappa shape index (κ1) is 13.6. The third-order valence-electron chi connectivity index (χ3n) is 2.64. The van der Waals surface area contributed by atoms with Crippen molar-refractivity contribution in [3.63, 3.8) is 0 Å². The van der Waals surface area contributed by atoms with Crippen molar-refractivity contribution in [1.29, 1.82) is 0 Å². The van der Waals surface area contributed by atoms with Crippen LogP contribution in [0.25, 0.3) is 0 Å². The molecule has 0 radical (unpaired) electrons. The highest BCUT2D eigenvalue weighted by Gasteiger charge is 2.10. The predicted molar refractivity (Wildman–Crippen MR) is 76.7 cm³/mol. The van der Waals surface area contributed by atoms with E-state index in [0.717, 1.165) is 10.6 Å². The monoisotopic (exact) mass is 277 g/mol. The number of nitrogens with one attached hydrogen (secondary N) is 1. The second kappa shape index (κ2) is 6.38. The average molecular weight is 278 g/mol. The van der Waals surface area contributed by atoms with Crippen LogP contribution < -0.4 is 10.1 Å². The second-order valence-corrected chi connectivity index (χ2v) is 4.45. The third kappa shape index (κ3) is 3.58. The summed E-state index contributed by atoms with van der Waals surface area (Å²) in [7, 11) is 0. The molecule has 2 aromatic rings. The molecule has 0 aliphatic heterocycles. The fraction of sp³-hybridized carbons (Fsp3) is 0.286. The van der Waals surface area contributed by atoms with Gasteiger partial charge < -0.3 is 10.1 Å². The van der Waals surface area contributed by atoms with Crippen molar-refractivity contribution in [2.45, 2.75) is 19.9 Å². The van der Waals surface area contributed by atoms with E-state index in [4.69, 9.17) is 16.3 Å². The summed E-state index contributed by atoms with van der Waals surface area (Å²) in [4.78, 5) is 8.44. The third-order valence-corrected chi connectivity index (χ3v) is 2.98. The van der Waals surface area contributed by atoms with Crippen LogP contribution in [0, 0.1) is 0 Å². The zero-order valence-corrected chi connectivity index (χ0v) is 11.7. The Kier molecular flexibility index (Phi) is 4.58. The predicted octanol–water partition coefficient (Wildman–Crippen LogP) is 3.70. The Morgan fingerprint density at radius 2 is 2.11 bits per heavy atom. The maximum absolute atomic E-state index is 6.16. The van der Waals surface area contributed by atoms with Crippen LogP contribution in [0.2, 0.25) is 5.02 Å². The number of hydrogen-bond donors (Lipinski definition) is 1. The zero-order valence-electron chi connectivity index (χ0n) is 10.9. The number of aromatic nitrogens is 2. The van der Waals surface area contributed by atoms with Gasteiger partial charge in [0.25, 0.3) is 0 Å². The fourth-order valence-electron chi connectivity index (χ4n) is 1.74. The lowest BCUT2D eigenvalue weighted by atomic mass is 10.1. The van der Waals surface area contributed by atoms with Gasteiger partial charge in [-0.05, 0) is 25.5 Å². The fourth-order valence-corrected chi connectivity index (χ4v) is 2.04. The van der Waals surface area contributed by atoms with E-state index < -0.39 is 0 Å². The van der Waals surface area contributed by atoms with Crippen LogP contribution in [0.3, 0.4) is 0 Å². The highest BCUT2D eigenvalue weighted by Crippen LogP contribution is 2.24. The van der Waals surface area contributed by atoms with Crippen molar-refractivity contribution in [3.05, 3.63) is 47.1 Å². The quantitative estimate of drug-likeness (QED) is 0.905. The maximum Gasteiger partial charge on any atom is 0.226 e. The Bertz CT molecular complexity index is 548. The summed E-state index contributed by atoms with van der Waals surface area (Å²) in [5.41, 5.74) is 1.01. The summed E-state index contributed by atoms with van der Waals surface area (Å²) < 4.78 is 5.34. The lowest BCUT2D eigenvalue weighted by Crippen LogP contribution is -2.10. The highest BCUT2D eigenvalue weighted by molar-refractivity contribution is 6.31. The molecule has 1 atom stereocenters. The van der Waals surface area contributed by atoms with Gasteiger partial charge in [0.15, 0.2) is 0 Å². The molecule has 0 aliphatic carbocycles. The van der Waals surface area contributed by atoms with Gasteiger partial charge >= 0.3 is 0 Å². The average Bonchev–Trinajstić information content (AvgIpc) is 2.40. The number of nitrogens with zero attached hydrogens (tertiary/aromatic N) is 2. The molecule has 1 aromatic heterocycles. The SMILES string of the molecule is CCOc1ccnc(NC(C)c2ccccc2Cl)n1. The van der Waals surface area contributed by atoms with Crippen LogP contribution in [0.4, 0.5) is 5.95 Å². The van der Waals surface area contributed by atoms with Crippen LogP contribution in [0.15, 0.2) is 36.5 Å². The molecule has 5 heteroatoms. The Balaban J connectivity index is 2.12. The topological polar surface area (TPSA) is 47.0 Å². The van der Waals surface area contributed by atoms with E-state index in [2.05, 4.69) is 15.3 Å². The number of hydrogen-bond acceptors (Lipinski definition) is 4. The first-order valence-electron chi connectivity index (χ1n) is 6.17. The normalized spacial score (nSPS) is 11.9. The molecule has 100 valence electrons. The number of benzene rings is 1. The standard InChI is InChI=1S/C14H16ClN3O/c1-3-19-13-8-9-16-14(18-13)17-10(2)11-6-4-5-7-12(11)15/h4-10H,3H2,1-2H3,(H,16,17,18). The number of ether oxygens (including phenoxy) is 1. The van der Waals surface area contributed by atoms with Gasteiger partial charge in [0.2, 0.25) is 11.8 Å². The molecule has 1 unspecified atom stereocenters. The first-order valence-corrected chi connectivity index (χ1v) is 6.55. The Labute approximate surface area is 117 Å². The van der Waals surface area contributed by atoms with Crippen molar-refractivity contribution in [1.82, 2.24) is 9.97 Å². The van der Waals surface area contributed by atoms with Gasteiger partial charge in [-0.15, -0.1) is 0 Å². The van der Waals surface area contributed by atoms with Crippen molar-refractivity contribution >= 4 is 17.5 Å².